The van der Waals surface area contributed by atoms with Crippen LogP contribution >= 0.6 is 27.3 Å². The molecule has 1 amide bonds. The van der Waals surface area contributed by atoms with Crippen LogP contribution in [-0.4, -0.2) is 44.7 Å². The minimum Gasteiger partial charge on any atom is -0.383 e. The molecule has 0 saturated carbocycles. The van der Waals surface area contributed by atoms with Gasteiger partial charge in [0.1, 0.15) is 0 Å². The fourth-order valence-electron chi connectivity index (χ4n) is 1.35. The SMILES string of the molecule is COCCNC(=O)CN(C)Cc1ccc(Br)s1. The molecule has 1 aromatic rings. The maximum atomic E-state index is 11.5. The lowest BCUT2D eigenvalue weighted by Crippen LogP contribution is -2.36. The van der Waals surface area contributed by atoms with Gasteiger partial charge in [-0.15, -0.1) is 11.3 Å². The van der Waals surface area contributed by atoms with E-state index in [0.717, 1.165) is 10.3 Å². The molecule has 0 saturated heterocycles. The minimum atomic E-state index is 0.0279. The molecule has 96 valence electrons. The largest absolute Gasteiger partial charge is 0.383 e. The van der Waals surface area contributed by atoms with Gasteiger partial charge in [0.25, 0.3) is 0 Å². The quantitative estimate of drug-likeness (QED) is 0.778. The van der Waals surface area contributed by atoms with Crippen molar-refractivity contribution in [1.29, 1.82) is 0 Å². The van der Waals surface area contributed by atoms with Crippen molar-refractivity contribution in [3.63, 3.8) is 0 Å². The molecule has 0 aromatic carbocycles. The maximum Gasteiger partial charge on any atom is 0.234 e. The fraction of sp³-hybridized carbons (Fsp3) is 0.545. The lowest BCUT2D eigenvalue weighted by atomic mass is 10.4. The van der Waals surface area contributed by atoms with Crippen LogP contribution in [-0.2, 0) is 16.1 Å². The first-order chi connectivity index (χ1) is 8.11. The number of halogens is 1. The highest BCUT2D eigenvalue weighted by Gasteiger charge is 2.07. The molecule has 4 nitrogen and oxygen atoms in total. The number of carbonyl (C=O) groups is 1. The van der Waals surface area contributed by atoms with Gasteiger partial charge in [0.2, 0.25) is 5.91 Å². The van der Waals surface area contributed by atoms with E-state index in [1.807, 2.05) is 18.0 Å². The zero-order chi connectivity index (χ0) is 12.7. The van der Waals surface area contributed by atoms with Crippen molar-refractivity contribution in [2.45, 2.75) is 6.54 Å². The number of methoxy groups -OCH3 is 1. The van der Waals surface area contributed by atoms with Crippen molar-refractivity contribution in [1.82, 2.24) is 10.2 Å². The summed E-state index contributed by atoms with van der Waals surface area (Å²) in [7, 11) is 3.55. The molecule has 0 fully saturated rings. The zero-order valence-electron chi connectivity index (χ0n) is 10.0. The Hall–Kier alpha value is -0.430. The van der Waals surface area contributed by atoms with Crippen molar-refractivity contribution < 1.29 is 9.53 Å². The van der Waals surface area contributed by atoms with Gasteiger partial charge in [0.15, 0.2) is 0 Å². The predicted molar refractivity (Wildman–Crippen MR) is 73.2 cm³/mol. The molecule has 1 heterocycles. The Bertz CT molecular complexity index is 357. The zero-order valence-corrected chi connectivity index (χ0v) is 12.4. The fourth-order valence-corrected chi connectivity index (χ4v) is 2.92. The number of likely N-dealkylation sites (N-methyl/N-ethyl adjacent to an activating group) is 1. The number of rotatable bonds is 7. The van der Waals surface area contributed by atoms with E-state index in [1.54, 1.807) is 18.4 Å². The molecule has 6 heteroatoms. The van der Waals surface area contributed by atoms with Gasteiger partial charge in [0.05, 0.1) is 16.9 Å². The average molecular weight is 321 g/mol. The van der Waals surface area contributed by atoms with Gasteiger partial charge in [-0.2, -0.15) is 0 Å². The molecule has 0 atom stereocenters. The van der Waals surface area contributed by atoms with E-state index in [0.29, 0.717) is 19.7 Å². The van der Waals surface area contributed by atoms with Crippen molar-refractivity contribution >= 4 is 33.2 Å². The molecular weight excluding hydrogens is 304 g/mol. The number of thiophene rings is 1. The molecule has 1 rings (SSSR count). The van der Waals surface area contributed by atoms with E-state index in [4.69, 9.17) is 4.74 Å². The normalized spacial score (nSPS) is 10.8. The minimum absolute atomic E-state index is 0.0279. The van der Waals surface area contributed by atoms with Crippen LogP contribution < -0.4 is 5.32 Å². The second kappa shape index (κ2) is 7.81. The molecule has 17 heavy (non-hydrogen) atoms. The predicted octanol–water partition coefficient (Wildman–Crippen LogP) is 1.71. The number of carbonyl (C=O) groups excluding carboxylic acids is 1. The van der Waals surface area contributed by atoms with Crippen LogP contribution in [0.3, 0.4) is 0 Å². The van der Waals surface area contributed by atoms with Gasteiger partial charge < -0.3 is 10.1 Å². The van der Waals surface area contributed by atoms with Crippen LogP contribution in [0.2, 0.25) is 0 Å². The van der Waals surface area contributed by atoms with Crippen LogP contribution in [0.1, 0.15) is 4.88 Å². The molecule has 0 aliphatic carbocycles. The maximum absolute atomic E-state index is 11.5. The van der Waals surface area contributed by atoms with E-state index in [-0.39, 0.29) is 5.91 Å². The lowest BCUT2D eigenvalue weighted by molar-refractivity contribution is -0.122. The smallest absolute Gasteiger partial charge is 0.234 e. The standard InChI is InChI=1S/C11H17BrN2O2S/c1-14(7-9-3-4-10(12)17-9)8-11(15)13-5-6-16-2/h3-4H,5-8H2,1-2H3,(H,13,15). The highest BCUT2D eigenvalue weighted by molar-refractivity contribution is 9.11. The summed E-state index contributed by atoms with van der Waals surface area (Å²) >= 11 is 5.11. The monoisotopic (exact) mass is 320 g/mol. The van der Waals surface area contributed by atoms with E-state index < -0.39 is 0 Å². The third-order valence-electron chi connectivity index (χ3n) is 2.10. The molecular formula is C11H17BrN2O2S. The van der Waals surface area contributed by atoms with Gasteiger partial charge in [-0.25, -0.2) is 0 Å². The Labute approximate surface area is 114 Å². The number of ether oxygens (including phenoxy) is 1. The molecule has 0 spiro atoms. The third-order valence-corrected chi connectivity index (χ3v) is 3.70. The lowest BCUT2D eigenvalue weighted by Gasteiger charge is -2.15. The van der Waals surface area contributed by atoms with Gasteiger partial charge in [-0.1, -0.05) is 0 Å². The molecule has 1 N–H and O–H groups in total. The van der Waals surface area contributed by atoms with Crippen LogP contribution in [0, 0.1) is 0 Å². The van der Waals surface area contributed by atoms with E-state index >= 15 is 0 Å². The van der Waals surface area contributed by atoms with Crippen molar-refractivity contribution in [2.24, 2.45) is 0 Å². The number of amides is 1. The van der Waals surface area contributed by atoms with Crippen LogP contribution in [0.5, 0.6) is 0 Å². The summed E-state index contributed by atoms with van der Waals surface area (Å²) in [6.07, 6.45) is 0. The highest BCUT2D eigenvalue weighted by atomic mass is 79.9. The molecule has 0 aliphatic heterocycles. The Morgan fingerprint density at radius 1 is 1.59 bits per heavy atom. The number of nitrogens with one attached hydrogen (secondary N) is 1. The Morgan fingerprint density at radius 2 is 2.35 bits per heavy atom. The first-order valence-corrected chi connectivity index (χ1v) is 6.91. The van der Waals surface area contributed by atoms with Gasteiger partial charge in [0, 0.05) is 25.1 Å². The Balaban J connectivity index is 2.24. The molecule has 0 bridgehead atoms. The topological polar surface area (TPSA) is 41.6 Å². The summed E-state index contributed by atoms with van der Waals surface area (Å²) in [4.78, 5) is 14.7. The van der Waals surface area contributed by atoms with Gasteiger partial charge >= 0.3 is 0 Å². The van der Waals surface area contributed by atoms with Crippen molar-refractivity contribution in [3.8, 4) is 0 Å². The third kappa shape index (κ3) is 6.16. The number of hydrogen-bond acceptors (Lipinski definition) is 4. The van der Waals surface area contributed by atoms with E-state index in [2.05, 4.69) is 27.3 Å². The average Bonchev–Trinajstić information content (AvgIpc) is 2.64. The van der Waals surface area contributed by atoms with Crippen LogP contribution in [0.15, 0.2) is 15.9 Å². The van der Waals surface area contributed by atoms with E-state index in [9.17, 15) is 4.79 Å². The van der Waals surface area contributed by atoms with Gasteiger partial charge in [-0.3, -0.25) is 9.69 Å². The Kier molecular flexibility index (Phi) is 6.72. The van der Waals surface area contributed by atoms with Crippen LogP contribution in [0.4, 0.5) is 0 Å². The summed E-state index contributed by atoms with van der Waals surface area (Å²) in [6, 6.07) is 4.08. The summed E-state index contributed by atoms with van der Waals surface area (Å²) in [5.41, 5.74) is 0. The first kappa shape index (κ1) is 14.6. The summed E-state index contributed by atoms with van der Waals surface area (Å²) < 4.78 is 5.98. The second-order valence-corrected chi connectivity index (χ2v) is 6.27. The van der Waals surface area contributed by atoms with E-state index in [1.165, 1.54) is 4.88 Å². The number of nitrogens with zero attached hydrogens (tertiary/aromatic N) is 1. The second-order valence-electron chi connectivity index (χ2n) is 3.72. The summed E-state index contributed by atoms with van der Waals surface area (Å²) in [6.45, 7) is 2.30. The van der Waals surface area contributed by atoms with Gasteiger partial charge in [-0.05, 0) is 35.1 Å². The molecule has 0 aliphatic rings. The van der Waals surface area contributed by atoms with Crippen LogP contribution in [0.25, 0.3) is 0 Å². The molecule has 1 aromatic heterocycles. The van der Waals surface area contributed by atoms with Crippen molar-refractivity contribution in [3.05, 3.63) is 20.8 Å². The highest BCUT2D eigenvalue weighted by Crippen LogP contribution is 2.22. The van der Waals surface area contributed by atoms with Crippen molar-refractivity contribution in [2.75, 3.05) is 33.9 Å². The Morgan fingerprint density at radius 3 is 2.94 bits per heavy atom. The summed E-state index contributed by atoms with van der Waals surface area (Å²) in [5, 5.41) is 2.79. The number of hydrogen-bond donors (Lipinski definition) is 1. The molecule has 0 radical (unpaired) electrons. The first-order valence-electron chi connectivity index (χ1n) is 5.30. The molecule has 0 unspecified atom stereocenters. The summed E-state index contributed by atoms with van der Waals surface area (Å²) in [5.74, 6) is 0.0279.